The van der Waals surface area contributed by atoms with E-state index < -0.39 is 0 Å². The number of nitrogens with two attached hydrogens (primary N) is 1. The molecular weight excluding hydrogens is 254 g/mol. The molecule has 0 saturated carbocycles. The minimum Gasteiger partial charge on any atom is -0.493 e. The molecule has 1 aliphatic rings. The lowest BCUT2D eigenvalue weighted by Gasteiger charge is -2.16. The van der Waals surface area contributed by atoms with Gasteiger partial charge in [0, 0.05) is 17.4 Å². The van der Waals surface area contributed by atoms with Crippen LogP contribution in [0, 0.1) is 0 Å². The normalized spacial score (nSPS) is 13.8. The van der Waals surface area contributed by atoms with E-state index in [0.29, 0.717) is 11.6 Å². The topological polar surface area (TPSA) is 75.4 Å². The van der Waals surface area contributed by atoms with Gasteiger partial charge in [-0.1, -0.05) is 12.1 Å². The molecule has 2 aromatic rings. The van der Waals surface area contributed by atoms with Gasteiger partial charge in [-0.15, -0.1) is 5.53 Å². The molecule has 6 nitrogen and oxygen atoms in total. The summed E-state index contributed by atoms with van der Waals surface area (Å²) in [7, 11) is 1.62. The zero-order chi connectivity index (χ0) is 13.9. The second-order valence-electron chi connectivity index (χ2n) is 4.30. The Hall–Kier alpha value is -2.73. The van der Waals surface area contributed by atoms with Gasteiger partial charge in [-0.25, -0.2) is 9.99 Å². The van der Waals surface area contributed by atoms with Gasteiger partial charge in [-0.2, -0.15) is 0 Å². The fourth-order valence-electron chi connectivity index (χ4n) is 2.00. The van der Waals surface area contributed by atoms with Crippen molar-refractivity contribution in [3.05, 3.63) is 54.4 Å². The first kappa shape index (κ1) is 12.3. The zero-order valence-corrected chi connectivity index (χ0v) is 11.0. The van der Waals surface area contributed by atoms with Crippen molar-refractivity contribution in [2.24, 2.45) is 0 Å². The molecule has 6 heteroatoms. The SMILES string of the molecule is COc1cccnc1N1C=C(c2cccc(N)c2)NN1. The van der Waals surface area contributed by atoms with Crippen LogP contribution in [-0.4, -0.2) is 12.1 Å². The van der Waals surface area contributed by atoms with E-state index >= 15 is 0 Å². The van der Waals surface area contributed by atoms with E-state index in [4.69, 9.17) is 10.5 Å². The number of rotatable bonds is 3. The summed E-state index contributed by atoms with van der Waals surface area (Å²) in [5.74, 6) is 1.37. The van der Waals surface area contributed by atoms with Crippen LogP contribution in [0.25, 0.3) is 5.70 Å². The number of nitrogens with one attached hydrogen (secondary N) is 2. The summed E-state index contributed by atoms with van der Waals surface area (Å²) in [6, 6.07) is 11.3. The lowest BCUT2D eigenvalue weighted by molar-refractivity contribution is 0.412. The first-order valence-electron chi connectivity index (χ1n) is 6.15. The molecular formula is C14H15N5O. The lowest BCUT2D eigenvalue weighted by atomic mass is 10.1. The zero-order valence-electron chi connectivity index (χ0n) is 11.0. The van der Waals surface area contributed by atoms with Crippen molar-refractivity contribution in [1.82, 2.24) is 15.9 Å². The molecule has 20 heavy (non-hydrogen) atoms. The van der Waals surface area contributed by atoms with Crippen LogP contribution < -0.4 is 26.4 Å². The quantitative estimate of drug-likeness (QED) is 0.733. The molecule has 0 fully saturated rings. The molecule has 0 amide bonds. The lowest BCUT2D eigenvalue weighted by Crippen LogP contribution is -2.36. The maximum atomic E-state index is 5.80. The van der Waals surface area contributed by atoms with Crippen LogP contribution in [0.5, 0.6) is 5.75 Å². The molecule has 0 spiro atoms. The van der Waals surface area contributed by atoms with Crippen LogP contribution in [0.3, 0.4) is 0 Å². The Balaban J connectivity index is 1.91. The van der Waals surface area contributed by atoms with Crippen LogP contribution in [0.15, 0.2) is 48.8 Å². The smallest absolute Gasteiger partial charge is 0.191 e. The summed E-state index contributed by atoms with van der Waals surface area (Å²) in [6.45, 7) is 0. The Bertz CT molecular complexity index is 656. The van der Waals surface area contributed by atoms with Crippen LogP contribution in [0.4, 0.5) is 11.5 Å². The molecule has 0 atom stereocenters. The third kappa shape index (κ3) is 2.24. The van der Waals surface area contributed by atoms with E-state index in [1.807, 2.05) is 42.6 Å². The van der Waals surface area contributed by atoms with Crippen LogP contribution in [-0.2, 0) is 0 Å². The van der Waals surface area contributed by atoms with Crippen LogP contribution in [0.2, 0.25) is 0 Å². The van der Waals surface area contributed by atoms with Crippen molar-refractivity contribution in [2.45, 2.75) is 0 Å². The number of pyridine rings is 1. The number of methoxy groups -OCH3 is 1. The number of ether oxygens (including phenoxy) is 1. The van der Waals surface area contributed by atoms with E-state index in [1.165, 1.54) is 0 Å². The van der Waals surface area contributed by atoms with Crippen molar-refractivity contribution < 1.29 is 4.74 Å². The van der Waals surface area contributed by atoms with Gasteiger partial charge >= 0.3 is 0 Å². The van der Waals surface area contributed by atoms with Crippen molar-refractivity contribution in [2.75, 3.05) is 17.9 Å². The van der Waals surface area contributed by atoms with Gasteiger partial charge in [-0.05, 0) is 24.3 Å². The molecule has 2 heterocycles. The summed E-state index contributed by atoms with van der Waals surface area (Å²) < 4.78 is 5.30. The fraction of sp³-hybridized carbons (Fsp3) is 0.0714. The number of nitrogen functional groups attached to an aromatic ring is 1. The standard InChI is InChI=1S/C14H15N5O/c1-20-13-6-3-7-16-14(13)19-9-12(17-18-19)10-4-2-5-11(15)8-10/h2-9,17-18H,15H2,1H3. The number of aromatic nitrogens is 1. The maximum Gasteiger partial charge on any atom is 0.191 e. The molecule has 102 valence electrons. The Morgan fingerprint density at radius 1 is 1.25 bits per heavy atom. The van der Waals surface area contributed by atoms with Gasteiger partial charge in [0.25, 0.3) is 0 Å². The molecule has 4 N–H and O–H groups in total. The third-order valence-corrected chi connectivity index (χ3v) is 2.97. The number of hydrogen-bond acceptors (Lipinski definition) is 6. The maximum absolute atomic E-state index is 5.80. The number of nitrogens with zero attached hydrogens (tertiary/aromatic N) is 2. The highest BCUT2D eigenvalue weighted by atomic mass is 16.5. The van der Waals surface area contributed by atoms with Gasteiger partial charge in [0.2, 0.25) is 0 Å². The minimum atomic E-state index is 0.682. The summed E-state index contributed by atoms with van der Waals surface area (Å²) in [6.07, 6.45) is 3.62. The first-order valence-corrected chi connectivity index (χ1v) is 6.15. The highest BCUT2D eigenvalue weighted by Gasteiger charge is 2.18. The Kier molecular flexibility index (Phi) is 3.14. The molecule has 1 aromatic carbocycles. The van der Waals surface area contributed by atoms with Gasteiger partial charge in [0.05, 0.1) is 19.0 Å². The highest BCUT2D eigenvalue weighted by Crippen LogP contribution is 2.27. The molecule has 0 saturated heterocycles. The minimum absolute atomic E-state index is 0.682. The predicted octanol–water partition coefficient (Wildman–Crippen LogP) is 1.50. The van der Waals surface area contributed by atoms with Crippen molar-refractivity contribution in [3.63, 3.8) is 0 Å². The van der Waals surface area contributed by atoms with Crippen molar-refractivity contribution >= 4 is 17.2 Å². The molecule has 0 radical (unpaired) electrons. The average molecular weight is 269 g/mol. The summed E-state index contributed by atoms with van der Waals surface area (Å²) in [5.41, 5.74) is 14.5. The molecule has 0 bridgehead atoms. The molecule has 1 aromatic heterocycles. The van der Waals surface area contributed by atoms with Gasteiger partial charge < -0.3 is 15.9 Å². The number of hydrazine groups is 2. The summed E-state index contributed by atoms with van der Waals surface area (Å²) in [4.78, 5) is 4.31. The van der Waals surface area contributed by atoms with E-state index in [-0.39, 0.29) is 0 Å². The third-order valence-electron chi connectivity index (χ3n) is 2.97. The van der Waals surface area contributed by atoms with Gasteiger partial charge in [0.1, 0.15) is 0 Å². The number of benzene rings is 1. The van der Waals surface area contributed by atoms with Crippen LogP contribution in [0.1, 0.15) is 5.56 Å². The second-order valence-corrected chi connectivity index (χ2v) is 4.30. The van der Waals surface area contributed by atoms with E-state index in [2.05, 4.69) is 15.9 Å². The second kappa shape index (κ2) is 5.10. The van der Waals surface area contributed by atoms with E-state index in [9.17, 15) is 0 Å². The van der Waals surface area contributed by atoms with Crippen LogP contribution >= 0.6 is 0 Å². The van der Waals surface area contributed by atoms with Gasteiger partial charge in [0.15, 0.2) is 11.6 Å². The molecule has 3 rings (SSSR count). The first-order chi connectivity index (χ1) is 9.78. The fourth-order valence-corrected chi connectivity index (χ4v) is 2.00. The Labute approximate surface area is 116 Å². The predicted molar refractivity (Wildman–Crippen MR) is 78.4 cm³/mol. The largest absolute Gasteiger partial charge is 0.493 e. The molecule has 1 aliphatic heterocycles. The van der Waals surface area contributed by atoms with Gasteiger partial charge in [-0.3, -0.25) is 0 Å². The highest BCUT2D eigenvalue weighted by molar-refractivity contribution is 5.72. The summed E-state index contributed by atoms with van der Waals surface area (Å²) in [5, 5.41) is 1.76. The van der Waals surface area contributed by atoms with Crippen molar-refractivity contribution in [3.8, 4) is 5.75 Å². The molecule has 0 aliphatic carbocycles. The van der Waals surface area contributed by atoms with E-state index in [1.54, 1.807) is 18.3 Å². The average Bonchev–Trinajstić information content (AvgIpc) is 2.97. The number of hydrogen-bond donors (Lipinski definition) is 3. The number of anilines is 2. The van der Waals surface area contributed by atoms with Crippen molar-refractivity contribution in [1.29, 1.82) is 0 Å². The molecule has 0 unspecified atom stereocenters. The van der Waals surface area contributed by atoms with E-state index in [0.717, 1.165) is 16.9 Å². The Morgan fingerprint density at radius 3 is 2.95 bits per heavy atom. The monoisotopic (exact) mass is 269 g/mol. The Morgan fingerprint density at radius 2 is 2.15 bits per heavy atom. The summed E-state index contributed by atoms with van der Waals surface area (Å²) >= 11 is 0.